The number of amides is 3. The Morgan fingerprint density at radius 2 is 1.62 bits per heavy atom. The third-order valence-electron chi connectivity index (χ3n) is 5.12. The first-order valence-electron chi connectivity index (χ1n) is 9.55. The summed E-state index contributed by atoms with van der Waals surface area (Å²) in [6.45, 7) is -0.343. The molecule has 1 aliphatic carbocycles. The number of hydrogen-bond acceptors (Lipinski definition) is 4. The Hall–Kier alpha value is -3.22. The second-order valence-electron chi connectivity index (χ2n) is 7.06. The Morgan fingerprint density at radius 3 is 2.31 bits per heavy atom. The Balaban J connectivity index is 1.53. The first-order valence-corrected chi connectivity index (χ1v) is 9.55. The van der Waals surface area contributed by atoms with Crippen molar-refractivity contribution in [1.82, 2.24) is 10.6 Å². The molecule has 0 atom stereocenters. The summed E-state index contributed by atoms with van der Waals surface area (Å²) >= 11 is 0. The Bertz CT molecular complexity index is 879. The van der Waals surface area contributed by atoms with Gasteiger partial charge in [0.05, 0.1) is 5.41 Å². The van der Waals surface area contributed by atoms with Crippen molar-refractivity contribution >= 4 is 17.9 Å². The number of halogens is 1. The van der Waals surface area contributed by atoms with Gasteiger partial charge in [0.25, 0.3) is 5.91 Å². The zero-order valence-corrected chi connectivity index (χ0v) is 15.9. The molecule has 0 unspecified atom stereocenters. The van der Waals surface area contributed by atoms with Gasteiger partial charge >= 0.3 is 12.0 Å². The average Bonchev–Trinajstić information content (AvgIpc) is 3.22. The molecule has 0 bridgehead atoms. The Labute approximate surface area is 168 Å². The topological polar surface area (TPSA) is 84.5 Å². The van der Waals surface area contributed by atoms with E-state index in [2.05, 4.69) is 10.6 Å². The van der Waals surface area contributed by atoms with E-state index in [1.165, 1.54) is 6.07 Å². The lowest BCUT2D eigenvalue weighted by Gasteiger charge is -2.27. The first-order chi connectivity index (χ1) is 14.0. The first kappa shape index (κ1) is 20.5. The van der Waals surface area contributed by atoms with Crippen molar-refractivity contribution < 1.29 is 23.5 Å². The molecule has 6 nitrogen and oxygen atoms in total. The van der Waals surface area contributed by atoms with Gasteiger partial charge in [-0.2, -0.15) is 0 Å². The fraction of sp³-hybridized carbons (Fsp3) is 0.318. The molecular weight excluding hydrogens is 375 g/mol. The van der Waals surface area contributed by atoms with Gasteiger partial charge in [-0.25, -0.2) is 9.18 Å². The van der Waals surface area contributed by atoms with Gasteiger partial charge in [-0.15, -0.1) is 0 Å². The van der Waals surface area contributed by atoms with Crippen molar-refractivity contribution in [2.75, 3.05) is 6.61 Å². The number of ether oxygens (including phenoxy) is 1. The third kappa shape index (κ3) is 4.99. The molecule has 29 heavy (non-hydrogen) atoms. The van der Waals surface area contributed by atoms with Gasteiger partial charge < -0.3 is 10.1 Å². The van der Waals surface area contributed by atoms with Crippen molar-refractivity contribution in [3.63, 3.8) is 0 Å². The summed E-state index contributed by atoms with van der Waals surface area (Å²) in [5, 5.41) is 4.67. The van der Waals surface area contributed by atoms with Crippen LogP contribution >= 0.6 is 0 Å². The van der Waals surface area contributed by atoms with Crippen LogP contribution in [0.25, 0.3) is 0 Å². The van der Waals surface area contributed by atoms with Crippen molar-refractivity contribution in [3.05, 3.63) is 71.5 Å². The summed E-state index contributed by atoms with van der Waals surface area (Å²) in [6.07, 6.45) is 2.48. The molecule has 0 aliphatic heterocycles. The summed E-state index contributed by atoms with van der Waals surface area (Å²) in [5.74, 6) is -1.85. The van der Waals surface area contributed by atoms with Crippen LogP contribution in [0.3, 0.4) is 0 Å². The summed E-state index contributed by atoms with van der Waals surface area (Å²) in [5.41, 5.74) is 0.0966. The number of benzene rings is 2. The largest absolute Gasteiger partial charge is 0.455 e. The number of rotatable bonds is 6. The molecule has 0 saturated heterocycles. The molecule has 1 fully saturated rings. The van der Waals surface area contributed by atoms with Gasteiger partial charge in [-0.05, 0) is 24.5 Å². The minimum absolute atomic E-state index is 0.260. The van der Waals surface area contributed by atoms with Crippen LogP contribution in [0.2, 0.25) is 0 Å². The van der Waals surface area contributed by atoms with E-state index in [0.717, 1.165) is 18.4 Å². The van der Waals surface area contributed by atoms with E-state index < -0.39 is 35.7 Å². The average molecular weight is 398 g/mol. The van der Waals surface area contributed by atoms with Crippen LogP contribution in [0.1, 0.15) is 36.8 Å². The van der Waals surface area contributed by atoms with Crippen LogP contribution in [0.5, 0.6) is 0 Å². The van der Waals surface area contributed by atoms with Crippen molar-refractivity contribution in [2.24, 2.45) is 0 Å². The van der Waals surface area contributed by atoms with Gasteiger partial charge in [0, 0.05) is 12.1 Å². The van der Waals surface area contributed by atoms with Crippen LogP contribution in [-0.4, -0.2) is 24.5 Å². The van der Waals surface area contributed by atoms with Gasteiger partial charge in [0.2, 0.25) is 0 Å². The van der Waals surface area contributed by atoms with Gasteiger partial charge in [-0.3, -0.25) is 14.9 Å². The van der Waals surface area contributed by atoms with Crippen molar-refractivity contribution in [2.45, 2.75) is 37.6 Å². The van der Waals surface area contributed by atoms with Crippen LogP contribution in [0, 0.1) is 5.82 Å². The number of imide groups is 1. The molecule has 2 aromatic carbocycles. The smallest absolute Gasteiger partial charge is 0.321 e. The van der Waals surface area contributed by atoms with E-state index >= 15 is 0 Å². The SMILES string of the molecule is O=C(COC(=O)C1(c2ccccc2F)CCCC1)NC(=O)NCc1ccccc1. The summed E-state index contributed by atoms with van der Waals surface area (Å²) in [4.78, 5) is 36.5. The second kappa shape index (κ2) is 9.32. The van der Waals surface area contributed by atoms with Crippen molar-refractivity contribution in [3.8, 4) is 0 Å². The van der Waals surface area contributed by atoms with Crippen LogP contribution in [0.15, 0.2) is 54.6 Å². The molecule has 3 rings (SSSR count). The lowest BCUT2D eigenvalue weighted by atomic mass is 9.78. The Kier molecular flexibility index (Phi) is 6.59. The minimum Gasteiger partial charge on any atom is -0.455 e. The van der Waals surface area contributed by atoms with Crippen LogP contribution in [0.4, 0.5) is 9.18 Å². The van der Waals surface area contributed by atoms with E-state index in [-0.39, 0.29) is 6.54 Å². The number of carbonyl (C=O) groups excluding carboxylic acids is 3. The molecular formula is C22H23FN2O4. The fourth-order valence-electron chi connectivity index (χ4n) is 3.67. The molecule has 0 radical (unpaired) electrons. The number of urea groups is 1. The maximum absolute atomic E-state index is 14.3. The Morgan fingerprint density at radius 1 is 0.966 bits per heavy atom. The van der Waals surface area contributed by atoms with Crippen LogP contribution in [-0.2, 0) is 26.3 Å². The van der Waals surface area contributed by atoms with Crippen molar-refractivity contribution in [1.29, 1.82) is 0 Å². The zero-order valence-electron chi connectivity index (χ0n) is 15.9. The van der Waals surface area contributed by atoms with E-state index in [1.807, 2.05) is 30.3 Å². The minimum atomic E-state index is -1.08. The van der Waals surface area contributed by atoms with Gasteiger partial charge in [0.1, 0.15) is 5.82 Å². The summed E-state index contributed by atoms with van der Waals surface area (Å²) in [7, 11) is 0. The standard InChI is InChI=1S/C22H23FN2O4/c23-18-11-5-4-10-17(18)22(12-6-7-13-22)20(27)29-15-19(26)25-21(28)24-14-16-8-2-1-3-9-16/h1-5,8-11H,6-7,12-15H2,(H2,24,25,26,28). The predicted molar refractivity (Wildman–Crippen MR) is 104 cm³/mol. The fourth-order valence-corrected chi connectivity index (χ4v) is 3.67. The molecule has 2 aromatic rings. The summed E-state index contributed by atoms with van der Waals surface area (Å²) in [6, 6.07) is 14.7. The monoisotopic (exact) mass is 398 g/mol. The summed E-state index contributed by atoms with van der Waals surface area (Å²) < 4.78 is 19.5. The highest BCUT2D eigenvalue weighted by Crippen LogP contribution is 2.43. The van der Waals surface area contributed by atoms with E-state index in [1.54, 1.807) is 18.2 Å². The van der Waals surface area contributed by atoms with E-state index in [4.69, 9.17) is 4.74 Å². The quantitative estimate of drug-likeness (QED) is 0.732. The zero-order chi connectivity index (χ0) is 20.7. The third-order valence-corrected chi connectivity index (χ3v) is 5.12. The molecule has 7 heteroatoms. The highest BCUT2D eigenvalue weighted by Gasteiger charge is 2.45. The molecule has 1 saturated carbocycles. The molecule has 3 amide bonds. The van der Waals surface area contributed by atoms with E-state index in [9.17, 15) is 18.8 Å². The molecule has 0 aromatic heterocycles. The maximum atomic E-state index is 14.3. The molecule has 0 spiro atoms. The number of esters is 1. The second-order valence-corrected chi connectivity index (χ2v) is 7.06. The molecule has 2 N–H and O–H groups in total. The molecule has 152 valence electrons. The highest BCUT2D eigenvalue weighted by molar-refractivity contribution is 5.96. The highest BCUT2D eigenvalue weighted by atomic mass is 19.1. The lowest BCUT2D eigenvalue weighted by Crippen LogP contribution is -2.43. The van der Waals surface area contributed by atoms with E-state index in [0.29, 0.717) is 18.4 Å². The molecule has 1 aliphatic rings. The number of carbonyl (C=O) groups is 3. The number of nitrogens with one attached hydrogen (secondary N) is 2. The predicted octanol–water partition coefficient (Wildman–Crippen LogP) is 3.21. The normalized spacial score (nSPS) is 14.8. The number of hydrogen-bond donors (Lipinski definition) is 2. The maximum Gasteiger partial charge on any atom is 0.321 e. The van der Waals surface area contributed by atoms with Crippen LogP contribution < -0.4 is 10.6 Å². The van der Waals surface area contributed by atoms with Gasteiger partial charge in [0.15, 0.2) is 6.61 Å². The van der Waals surface area contributed by atoms with Gasteiger partial charge in [-0.1, -0.05) is 61.4 Å². The lowest BCUT2D eigenvalue weighted by molar-refractivity contribution is -0.154. The molecule has 0 heterocycles.